The fourth-order valence-corrected chi connectivity index (χ4v) is 5.83. The average Bonchev–Trinajstić information content (AvgIpc) is 2.91. The van der Waals surface area contributed by atoms with Crippen molar-refractivity contribution in [2.45, 2.75) is 24.4 Å². The van der Waals surface area contributed by atoms with Crippen LogP contribution in [0.4, 0.5) is 10.1 Å². The highest BCUT2D eigenvalue weighted by molar-refractivity contribution is 7.92. The fourth-order valence-electron chi connectivity index (χ4n) is 4.25. The molecule has 0 spiro atoms. The molecule has 214 valence electrons. The summed E-state index contributed by atoms with van der Waals surface area (Å²) in [6.07, 6.45) is 2.87. The maximum Gasteiger partial charge on any atom is 0.263 e. The third-order valence-electron chi connectivity index (χ3n) is 6.53. The lowest BCUT2D eigenvalue weighted by Crippen LogP contribution is -2.50. The first-order chi connectivity index (χ1) is 19.6. The van der Waals surface area contributed by atoms with Crippen LogP contribution in [0.25, 0.3) is 22.0 Å². The van der Waals surface area contributed by atoms with Gasteiger partial charge in [0.15, 0.2) is 0 Å². The largest absolute Gasteiger partial charge is 0.480 e. The van der Waals surface area contributed by atoms with Crippen molar-refractivity contribution in [2.75, 3.05) is 25.0 Å². The van der Waals surface area contributed by atoms with Gasteiger partial charge in [0.2, 0.25) is 11.8 Å². The number of sulfonamides is 1. The van der Waals surface area contributed by atoms with Crippen LogP contribution in [-0.4, -0.2) is 55.2 Å². The number of carbonyl (C=O) groups is 1. The van der Waals surface area contributed by atoms with Crippen molar-refractivity contribution >= 4 is 44.1 Å². The third-order valence-corrected chi connectivity index (χ3v) is 8.38. The van der Waals surface area contributed by atoms with E-state index in [1.54, 1.807) is 25.1 Å². The number of methoxy groups -OCH3 is 1. The molecule has 11 nitrogen and oxygen atoms in total. The Kier molecular flexibility index (Phi) is 7.93. The molecule has 4 aromatic rings. The second kappa shape index (κ2) is 11.4. The molecule has 14 heteroatoms. The predicted molar refractivity (Wildman–Crippen MR) is 150 cm³/mol. The van der Waals surface area contributed by atoms with Crippen LogP contribution in [0.3, 0.4) is 0 Å². The number of amides is 1. The van der Waals surface area contributed by atoms with E-state index in [0.717, 1.165) is 18.2 Å². The molecule has 1 atom stereocenters. The van der Waals surface area contributed by atoms with E-state index >= 15 is 0 Å². The molecular formula is C27H25ClFN5O6S. The summed E-state index contributed by atoms with van der Waals surface area (Å²) in [5.41, 5.74) is 1.15. The minimum Gasteiger partial charge on any atom is -0.480 e. The molecule has 5 rings (SSSR count). The van der Waals surface area contributed by atoms with E-state index in [1.165, 1.54) is 30.3 Å². The zero-order valence-electron chi connectivity index (χ0n) is 21.9. The molecule has 2 N–H and O–H groups in total. The number of ether oxygens (including phenoxy) is 2. The van der Waals surface area contributed by atoms with Gasteiger partial charge >= 0.3 is 0 Å². The Morgan fingerprint density at radius 2 is 1.98 bits per heavy atom. The van der Waals surface area contributed by atoms with Crippen LogP contribution in [0.1, 0.15) is 6.92 Å². The van der Waals surface area contributed by atoms with Crippen LogP contribution in [0.5, 0.6) is 5.88 Å². The van der Waals surface area contributed by atoms with E-state index in [1.807, 2.05) is 0 Å². The van der Waals surface area contributed by atoms with Crippen LogP contribution < -0.4 is 20.3 Å². The Morgan fingerprint density at radius 3 is 2.66 bits per heavy atom. The van der Waals surface area contributed by atoms with Gasteiger partial charge in [-0.3, -0.25) is 18.9 Å². The third kappa shape index (κ3) is 6.01. The van der Waals surface area contributed by atoms with Gasteiger partial charge in [-0.1, -0.05) is 24.6 Å². The molecular weight excluding hydrogens is 577 g/mol. The van der Waals surface area contributed by atoms with E-state index in [0.29, 0.717) is 35.2 Å². The number of carbonyl (C=O) groups excluding carboxylic acids is 1. The number of pyridine rings is 1. The van der Waals surface area contributed by atoms with Crippen molar-refractivity contribution in [3.63, 3.8) is 0 Å². The number of nitrogens with one attached hydrogen (secondary N) is 2. The number of halogens is 2. The number of hydrogen-bond acceptors (Lipinski definition) is 8. The fraction of sp³-hybridized carbons (Fsp3) is 0.259. The van der Waals surface area contributed by atoms with E-state index in [-0.39, 0.29) is 45.5 Å². The highest BCUT2D eigenvalue weighted by atomic mass is 35.5. The molecule has 1 fully saturated rings. The maximum absolute atomic E-state index is 13.5. The Hall–Kier alpha value is -4.07. The second-order valence-corrected chi connectivity index (χ2v) is 11.6. The molecule has 0 saturated carbocycles. The summed E-state index contributed by atoms with van der Waals surface area (Å²) in [6.45, 7) is 2.81. The molecule has 2 aromatic carbocycles. The van der Waals surface area contributed by atoms with Gasteiger partial charge in [-0.2, -0.15) is 0 Å². The van der Waals surface area contributed by atoms with E-state index in [2.05, 4.69) is 20.0 Å². The average molecular weight is 602 g/mol. The molecule has 3 heterocycles. The van der Waals surface area contributed by atoms with Gasteiger partial charge in [-0.15, -0.1) is 0 Å². The van der Waals surface area contributed by atoms with E-state index in [4.69, 9.17) is 21.1 Å². The van der Waals surface area contributed by atoms with Crippen LogP contribution >= 0.6 is 11.6 Å². The van der Waals surface area contributed by atoms with Crippen LogP contribution in [0.2, 0.25) is 5.02 Å². The maximum atomic E-state index is 13.5. The van der Waals surface area contributed by atoms with Gasteiger partial charge in [0, 0.05) is 18.3 Å². The molecule has 1 saturated heterocycles. The lowest BCUT2D eigenvalue weighted by molar-refractivity contribution is -0.129. The first-order valence-electron chi connectivity index (χ1n) is 12.5. The van der Waals surface area contributed by atoms with Gasteiger partial charge in [-0.05, 0) is 42.0 Å². The molecule has 1 amide bonds. The van der Waals surface area contributed by atoms with Crippen LogP contribution in [-0.2, 0) is 26.1 Å². The molecule has 0 unspecified atom stereocenters. The van der Waals surface area contributed by atoms with Crippen molar-refractivity contribution in [1.82, 2.24) is 19.9 Å². The molecule has 2 aromatic heterocycles. The smallest absolute Gasteiger partial charge is 0.263 e. The Bertz CT molecular complexity index is 1810. The Labute approximate surface area is 239 Å². The van der Waals surface area contributed by atoms with Crippen molar-refractivity contribution in [2.24, 2.45) is 5.92 Å². The zero-order chi connectivity index (χ0) is 29.3. The van der Waals surface area contributed by atoms with Gasteiger partial charge in [0.25, 0.3) is 15.6 Å². The summed E-state index contributed by atoms with van der Waals surface area (Å²) in [5.74, 6) is -1.35. The predicted octanol–water partition coefficient (Wildman–Crippen LogP) is 3.21. The standard InChI is InChI=1S/C27H25ClFN5O6S/c1-15(25(35)32-19-12-40-13-19)11-34-14-31-22-5-3-16(7-20(22)27(34)36)17-8-23(26(39-2)30-10-17)33-41(37,38)24-6-4-18(29)9-21(24)28/h3-10,14-15,19,33H,11-13H2,1-2H3,(H,32,35)/t15-/m0/s1. The summed E-state index contributed by atoms with van der Waals surface area (Å²) in [7, 11) is -2.91. The SMILES string of the molecule is COc1ncc(-c2ccc3ncn(C[C@H](C)C(=O)NC4COC4)c(=O)c3c2)cc1NS(=O)(=O)c1ccc(F)cc1Cl. The number of rotatable bonds is 9. The summed E-state index contributed by atoms with van der Waals surface area (Å²) < 4.78 is 53.6. The number of fused-ring (bicyclic) bond motifs is 1. The Morgan fingerprint density at radius 1 is 1.20 bits per heavy atom. The first-order valence-corrected chi connectivity index (χ1v) is 14.3. The number of hydrogen-bond donors (Lipinski definition) is 2. The summed E-state index contributed by atoms with van der Waals surface area (Å²) in [6, 6.07) is 9.41. The van der Waals surface area contributed by atoms with Crippen LogP contribution in [0, 0.1) is 11.7 Å². The number of benzene rings is 2. The van der Waals surface area contributed by atoms with E-state index < -0.39 is 21.8 Å². The zero-order valence-corrected chi connectivity index (χ0v) is 23.5. The topological polar surface area (TPSA) is 142 Å². The van der Waals surface area contributed by atoms with Gasteiger partial charge in [0.1, 0.15) is 16.4 Å². The summed E-state index contributed by atoms with van der Waals surface area (Å²) >= 11 is 5.97. The van der Waals surface area contributed by atoms with Crippen LogP contribution in [0.15, 0.2) is 64.7 Å². The minimum atomic E-state index is -4.24. The second-order valence-electron chi connectivity index (χ2n) is 9.54. The molecule has 0 bridgehead atoms. The lowest BCUT2D eigenvalue weighted by Gasteiger charge is -2.28. The van der Waals surface area contributed by atoms with Crippen molar-refractivity contribution in [3.8, 4) is 17.0 Å². The monoisotopic (exact) mass is 601 g/mol. The molecule has 1 aliphatic rings. The molecule has 0 aliphatic carbocycles. The summed E-state index contributed by atoms with van der Waals surface area (Å²) in [5, 5.41) is 2.90. The first kappa shape index (κ1) is 28.5. The molecule has 1 aliphatic heterocycles. The van der Waals surface area contributed by atoms with Gasteiger partial charge in [0.05, 0.1) is 54.5 Å². The number of aromatic nitrogens is 3. The Balaban J connectivity index is 1.45. The number of anilines is 1. The van der Waals surface area contributed by atoms with Gasteiger partial charge < -0.3 is 14.8 Å². The molecule has 0 radical (unpaired) electrons. The lowest BCUT2D eigenvalue weighted by atomic mass is 10.0. The molecule has 41 heavy (non-hydrogen) atoms. The van der Waals surface area contributed by atoms with Gasteiger partial charge in [-0.25, -0.2) is 22.8 Å². The van der Waals surface area contributed by atoms with E-state index in [9.17, 15) is 22.4 Å². The number of nitrogens with zero attached hydrogens (tertiary/aromatic N) is 3. The quantitative estimate of drug-likeness (QED) is 0.298. The highest BCUT2D eigenvalue weighted by Crippen LogP contribution is 2.32. The highest BCUT2D eigenvalue weighted by Gasteiger charge is 2.24. The minimum absolute atomic E-state index is 0.00536. The van der Waals surface area contributed by atoms with Crippen molar-refractivity contribution in [1.29, 1.82) is 0 Å². The van der Waals surface area contributed by atoms with Crippen molar-refractivity contribution < 1.29 is 27.1 Å². The van der Waals surface area contributed by atoms with Crippen molar-refractivity contribution in [3.05, 3.63) is 76.2 Å². The normalized spacial score (nSPS) is 14.3. The summed E-state index contributed by atoms with van der Waals surface area (Å²) in [4.78, 5) is 34.1.